The minimum Gasteiger partial charge on any atom is -0.483 e. The number of nitrogens with one attached hydrogen (secondary N) is 1. The molecule has 2 N–H and O–H groups in total. The smallest absolute Gasteiger partial charge is 0.150 e. The summed E-state index contributed by atoms with van der Waals surface area (Å²) in [5, 5.41) is 14.2. The van der Waals surface area contributed by atoms with Gasteiger partial charge in [0.15, 0.2) is 6.10 Å². The number of hydrogen-bond acceptors (Lipinski definition) is 8. The molecular weight excluding hydrogens is 459 g/mol. The zero-order valence-electron chi connectivity index (χ0n) is 18.3. The second-order valence-corrected chi connectivity index (χ2v) is 11.1. The summed E-state index contributed by atoms with van der Waals surface area (Å²) in [6.45, 7) is 2.32. The van der Waals surface area contributed by atoms with Crippen LogP contribution >= 0.6 is 0 Å². The molecule has 0 spiro atoms. The van der Waals surface area contributed by atoms with Crippen LogP contribution in [0.2, 0.25) is 0 Å². The molecule has 5 rings (SSSR count). The molecule has 0 radical (unpaired) electrons. The van der Waals surface area contributed by atoms with Crippen molar-refractivity contribution in [2.24, 2.45) is 4.36 Å². The van der Waals surface area contributed by atoms with Crippen LogP contribution in [0, 0.1) is 12.7 Å². The number of anilines is 2. The predicted molar refractivity (Wildman–Crippen MR) is 131 cm³/mol. The number of fused-ring (bicyclic) bond motifs is 1. The van der Waals surface area contributed by atoms with Crippen molar-refractivity contribution in [2.75, 3.05) is 24.8 Å². The maximum Gasteiger partial charge on any atom is 0.150 e. The normalized spacial score (nSPS) is 21.5. The molecule has 3 atom stereocenters. The molecule has 10 heteroatoms. The predicted octanol–water partition coefficient (Wildman–Crippen LogP) is 4.49. The number of aliphatic hydroxyl groups excluding tert-OH is 1. The molecule has 2 aliphatic rings. The van der Waals surface area contributed by atoms with Gasteiger partial charge in [-0.3, -0.25) is 0 Å². The fraction of sp³-hybridized carbons (Fsp3) is 0.417. The van der Waals surface area contributed by atoms with E-state index in [0.717, 1.165) is 23.8 Å². The van der Waals surface area contributed by atoms with Gasteiger partial charge in [0.1, 0.15) is 29.8 Å². The van der Waals surface area contributed by atoms with Crippen LogP contribution in [0.3, 0.4) is 0 Å². The van der Waals surface area contributed by atoms with Crippen LogP contribution in [-0.2, 0) is 14.5 Å². The molecule has 2 heterocycles. The molecule has 0 amide bonds. The van der Waals surface area contributed by atoms with E-state index in [1.165, 1.54) is 18.5 Å². The number of hydrogen-bond donors (Lipinski definition) is 2. The lowest BCUT2D eigenvalue weighted by Crippen LogP contribution is -2.30. The Bertz CT molecular complexity index is 1340. The summed E-state index contributed by atoms with van der Waals surface area (Å²) in [6, 6.07) is 7.81. The Morgan fingerprint density at radius 2 is 2.03 bits per heavy atom. The van der Waals surface area contributed by atoms with E-state index in [1.807, 2.05) is 13.0 Å². The van der Waals surface area contributed by atoms with Crippen LogP contribution in [0.25, 0.3) is 10.9 Å². The Labute approximate surface area is 198 Å². The van der Waals surface area contributed by atoms with E-state index in [0.29, 0.717) is 22.7 Å². The maximum atomic E-state index is 14.0. The third-order valence-electron chi connectivity index (χ3n) is 5.82. The van der Waals surface area contributed by atoms with Gasteiger partial charge in [0.25, 0.3) is 0 Å². The van der Waals surface area contributed by atoms with Gasteiger partial charge in [-0.25, -0.2) is 18.6 Å². The van der Waals surface area contributed by atoms with Crippen LogP contribution in [0.5, 0.6) is 5.75 Å². The topological polar surface area (TPSA) is 106 Å². The molecule has 1 saturated heterocycles. The molecule has 3 aromatic rings. The Hall–Kier alpha value is -2.82. The van der Waals surface area contributed by atoms with Crippen LogP contribution in [-0.4, -0.2) is 56.2 Å². The van der Waals surface area contributed by atoms with E-state index in [4.69, 9.17) is 9.47 Å². The van der Waals surface area contributed by atoms with Crippen molar-refractivity contribution in [2.45, 2.75) is 44.6 Å². The summed E-state index contributed by atoms with van der Waals surface area (Å²) < 4.78 is 42.4. The highest BCUT2D eigenvalue weighted by Crippen LogP contribution is 2.36. The Morgan fingerprint density at radius 3 is 2.74 bits per heavy atom. The average Bonchev–Trinajstić information content (AvgIpc) is 3.54. The highest BCUT2D eigenvalue weighted by molar-refractivity contribution is 7.93. The molecule has 1 saturated carbocycles. The lowest BCUT2D eigenvalue weighted by molar-refractivity contribution is 0.0736. The maximum absolute atomic E-state index is 14.0. The monoisotopic (exact) mass is 488 g/mol. The van der Waals surface area contributed by atoms with E-state index in [1.54, 1.807) is 18.4 Å². The van der Waals surface area contributed by atoms with Crippen LogP contribution < -0.4 is 10.1 Å². The van der Waals surface area contributed by atoms with Gasteiger partial charge in [0.2, 0.25) is 0 Å². The summed E-state index contributed by atoms with van der Waals surface area (Å²) >= 11 is 0. The van der Waals surface area contributed by atoms with Gasteiger partial charge in [-0.1, -0.05) is 7.43 Å². The molecule has 1 aromatic heterocycles. The van der Waals surface area contributed by atoms with Crippen molar-refractivity contribution in [3.63, 3.8) is 0 Å². The van der Waals surface area contributed by atoms with Gasteiger partial charge >= 0.3 is 0 Å². The van der Waals surface area contributed by atoms with E-state index in [9.17, 15) is 13.7 Å². The van der Waals surface area contributed by atoms with Crippen molar-refractivity contribution in [1.82, 2.24) is 9.97 Å². The summed E-state index contributed by atoms with van der Waals surface area (Å²) in [5.74, 6) is 0.302. The quantitative estimate of drug-likeness (QED) is 0.527. The van der Waals surface area contributed by atoms with Crippen molar-refractivity contribution >= 4 is 37.8 Å². The third kappa shape index (κ3) is 4.98. The zero-order valence-corrected chi connectivity index (χ0v) is 19.1. The van der Waals surface area contributed by atoms with E-state index in [-0.39, 0.29) is 31.6 Å². The number of aromatic nitrogens is 2. The van der Waals surface area contributed by atoms with Crippen molar-refractivity contribution in [1.29, 1.82) is 0 Å². The summed E-state index contributed by atoms with van der Waals surface area (Å²) in [5.41, 5.74) is 2.64. The fourth-order valence-corrected chi connectivity index (χ4v) is 5.62. The summed E-state index contributed by atoms with van der Waals surface area (Å²) in [4.78, 5) is 8.76. The van der Waals surface area contributed by atoms with Gasteiger partial charge in [-0.15, -0.1) is 0 Å². The van der Waals surface area contributed by atoms with Gasteiger partial charge in [-0.05, 0) is 49.6 Å². The van der Waals surface area contributed by atoms with Gasteiger partial charge < -0.3 is 19.9 Å². The van der Waals surface area contributed by atoms with E-state index >= 15 is 0 Å². The van der Waals surface area contributed by atoms with Crippen LogP contribution in [0.4, 0.5) is 21.6 Å². The Balaban J connectivity index is 0.00000274. The van der Waals surface area contributed by atoms with Crippen molar-refractivity contribution < 1.29 is 23.2 Å². The largest absolute Gasteiger partial charge is 0.483 e. The van der Waals surface area contributed by atoms with E-state index in [2.05, 4.69) is 19.6 Å². The average molecular weight is 489 g/mol. The SMILES string of the molecule is C.Cc1cc(N=S(C)(=O)C2CC2)cc2ncnc(Nc3ccc(F)cc3O[C@@H]3COC[C@@H]3O)c12. The number of aliphatic hydroxyl groups is 1. The third-order valence-corrected chi connectivity index (χ3v) is 8.11. The zero-order chi connectivity index (χ0) is 23.2. The minimum atomic E-state index is -2.28. The molecule has 2 aromatic carbocycles. The highest BCUT2D eigenvalue weighted by atomic mass is 32.2. The first-order valence-electron chi connectivity index (χ1n) is 10.8. The molecule has 34 heavy (non-hydrogen) atoms. The number of rotatable bonds is 6. The lowest BCUT2D eigenvalue weighted by atomic mass is 10.1. The number of nitrogens with zero attached hydrogens (tertiary/aromatic N) is 3. The number of halogens is 1. The first-order chi connectivity index (χ1) is 15.8. The molecule has 1 unspecified atom stereocenters. The summed E-state index contributed by atoms with van der Waals surface area (Å²) in [6.07, 6.45) is 3.67. The number of ether oxygens (including phenoxy) is 2. The molecular formula is C24H29FN4O4S. The molecule has 0 bridgehead atoms. The first kappa shape index (κ1) is 24.3. The van der Waals surface area contributed by atoms with Gasteiger partial charge in [-0.2, -0.15) is 4.36 Å². The van der Waals surface area contributed by atoms with E-state index < -0.39 is 27.8 Å². The highest BCUT2D eigenvalue weighted by Gasteiger charge is 2.31. The molecule has 1 aliphatic carbocycles. The second-order valence-electron chi connectivity index (χ2n) is 8.56. The number of aryl methyl sites for hydroxylation is 1. The Kier molecular flexibility index (Phi) is 6.75. The van der Waals surface area contributed by atoms with Gasteiger partial charge in [0.05, 0.1) is 39.8 Å². The molecule has 182 valence electrons. The van der Waals surface area contributed by atoms with Crippen molar-refractivity contribution in [3.8, 4) is 5.75 Å². The van der Waals surface area contributed by atoms with Crippen LogP contribution in [0.15, 0.2) is 41.0 Å². The lowest BCUT2D eigenvalue weighted by Gasteiger charge is -2.19. The fourth-order valence-electron chi connectivity index (χ4n) is 3.93. The van der Waals surface area contributed by atoms with Crippen molar-refractivity contribution in [3.05, 3.63) is 48.0 Å². The summed E-state index contributed by atoms with van der Waals surface area (Å²) in [7, 11) is -2.28. The second kappa shape index (κ2) is 9.44. The first-order valence-corrected chi connectivity index (χ1v) is 12.7. The van der Waals surface area contributed by atoms with Gasteiger partial charge in [0, 0.05) is 23.0 Å². The molecule has 8 nitrogen and oxygen atoms in total. The standard InChI is InChI=1S/C23H25FN4O4S.CH4/c1-13-7-15(28-33(2,30)16-4-5-16)9-18-22(13)23(26-12-25-18)27-17-6-3-14(24)8-20(17)32-21-11-31-10-19(21)29;/h3,6-9,12,16,19,21,29H,4-5,10-11H2,1-2H3,(H,25,26,27);1H4/t19-,21+,33?;/m0./s1. The minimum absolute atomic E-state index is 0. The number of benzene rings is 2. The molecule has 2 fully saturated rings. The van der Waals surface area contributed by atoms with Crippen LogP contribution in [0.1, 0.15) is 25.8 Å². The Morgan fingerprint density at radius 1 is 1.24 bits per heavy atom. The molecule has 1 aliphatic heterocycles.